The van der Waals surface area contributed by atoms with Crippen molar-refractivity contribution in [2.75, 3.05) is 5.73 Å². The fourth-order valence-electron chi connectivity index (χ4n) is 1.77. The third-order valence-electron chi connectivity index (χ3n) is 2.55. The maximum Gasteiger partial charge on any atom is 0.220 e. The topological polar surface area (TPSA) is 75.6 Å². The molecule has 5 heteroatoms. The van der Waals surface area contributed by atoms with Crippen molar-refractivity contribution in [2.45, 2.75) is 13.3 Å². The van der Waals surface area contributed by atoms with Crippen LogP contribution in [0.1, 0.15) is 22.5 Å². The number of halogens is 1. The molecule has 2 rings (SSSR count). The van der Waals surface area contributed by atoms with Gasteiger partial charge in [-0.3, -0.25) is 0 Å². The van der Waals surface area contributed by atoms with Crippen LogP contribution in [0.4, 0.5) is 10.3 Å². The largest absolute Gasteiger partial charge is 0.368 e. The van der Waals surface area contributed by atoms with E-state index in [2.05, 4.69) is 16.0 Å². The molecule has 0 bridgehead atoms. The molecule has 1 heterocycles. The molecule has 0 fully saturated rings. The van der Waals surface area contributed by atoms with E-state index in [1.54, 1.807) is 19.1 Å². The maximum atomic E-state index is 13.1. The number of anilines is 1. The standard InChI is InChI=1S/C13H11FN4/c1-8-11(7-15)12(18-13(16)17-8)6-9-3-2-4-10(14)5-9/h2-5H,6H2,1H3,(H2,16,17,18). The molecule has 2 N–H and O–H groups in total. The van der Waals surface area contributed by atoms with Crippen molar-refractivity contribution in [3.05, 3.63) is 52.6 Å². The van der Waals surface area contributed by atoms with Crippen LogP contribution in [0.5, 0.6) is 0 Å². The molecule has 1 aromatic carbocycles. The monoisotopic (exact) mass is 242 g/mol. The van der Waals surface area contributed by atoms with Gasteiger partial charge in [0.25, 0.3) is 0 Å². The van der Waals surface area contributed by atoms with Crippen LogP contribution in [-0.4, -0.2) is 9.97 Å². The van der Waals surface area contributed by atoms with E-state index in [0.29, 0.717) is 23.4 Å². The van der Waals surface area contributed by atoms with Gasteiger partial charge >= 0.3 is 0 Å². The van der Waals surface area contributed by atoms with E-state index in [1.165, 1.54) is 12.1 Å². The number of benzene rings is 1. The number of nitriles is 1. The Hall–Kier alpha value is -2.48. The summed E-state index contributed by atoms with van der Waals surface area (Å²) in [4.78, 5) is 7.99. The molecule has 0 aliphatic carbocycles. The Morgan fingerprint density at radius 3 is 2.83 bits per heavy atom. The van der Waals surface area contributed by atoms with Gasteiger partial charge in [0, 0.05) is 6.42 Å². The zero-order chi connectivity index (χ0) is 13.1. The van der Waals surface area contributed by atoms with Gasteiger partial charge in [0.1, 0.15) is 11.9 Å². The molecule has 0 unspecified atom stereocenters. The average Bonchev–Trinajstić information content (AvgIpc) is 2.28. The highest BCUT2D eigenvalue weighted by Crippen LogP contribution is 2.16. The Kier molecular flexibility index (Phi) is 3.20. The summed E-state index contributed by atoms with van der Waals surface area (Å²) in [6, 6.07) is 8.23. The van der Waals surface area contributed by atoms with E-state index in [4.69, 9.17) is 11.0 Å². The number of aromatic nitrogens is 2. The fraction of sp³-hybridized carbons (Fsp3) is 0.154. The predicted molar refractivity (Wildman–Crippen MR) is 65.1 cm³/mol. The van der Waals surface area contributed by atoms with Gasteiger partial charge in [0.15, 0.2) is 0 Å². The van der Waals surface area contributed by atoms with E-state index in [1.807, 2.05) is 0 Å². The first-order chi connectivity index (χ1) is 8.60. The van der Waals surface area contributed by atoms with E-state index in [9.17, 15) is 4.39 Å². The van der Waals surface area contributed by atoms with Crippen LogP contribution in [0.15, 0.2) is 24.3 Å². The molecule has 2 aromatic rings. The van der Waals surface area contributed by atoms with Crippen molar-refractivity contribution in [1.29, 1.82) is 5.26 Å². The number of nitrogens with zero attached hydrogens (tertiary/aromatic N) is 3. The van der Waals surface area contributed by atoms with Crippen LogP contribution in [0, 0.1) is 24.1 Å². The minimum atomic E-state index is -0.315. The van der Waals surface area contributed by atoms with E-state index >= 15 is 0 Å². The number of nitrogen functional groups attached to an aromatic ring is 1. The van der Waals surface area contributed by atoms with Gasteiger partial charge in [-0.1, -0.05) is 12.1 Å². The van der Waals surface area contributed by atoms with Crippen molar-refractivity contribution < 1.29 is 4.39 Å². The van der Waals surface area contributed by atoms with Gasteiger partial charge in [-0.15, -0.1) is 0 Å². The summed E-state index contributed by atoms with van der Waals surface area (Å²) in [5, 5.41) is 9.08. The zero-order valence-corrected chi connectivity index (χ0v) is 9.81. The number of hydrogen-bond donors (Lipinski definition) is 1. The lowest BCUT2D eigenvalue weighted by atomic mass is 10.0. The highest BCUT2D eigenvalue weighted by Gasteiger charge is 2.11. The molecule has 0 saturated carbocycles. The van der Waals surface area contributed by atoms with Crippen molar-refractivity contribution in [3.63, 3.8) is 0 Å². The third-order valence-corrected chi connectivity index (χ3v) is 2.55. The van der Waals surface area contributed by atoms with Crippen molar-refractivity contribution in [1.82, 2.24) is 9.97 Å². The van der Waals surface area contributed by atoms with E-state index < -0.39 is 0 Å². The second-order valence-electron chi connectivity index (χ2n) is 3.91. The minimum absolute atomic E-state index is 0.123. The summed E-state index contributed by atoms with van der Waals surface area (Å²) in [5.41, 5.74) is 7.76. The fourth-order valence-corrected chi connectivity index (χ4v) is 1.77. The Morgan fingerprint density at radius 1 is 1.39 bits per heavy atom. The quantitative estimate of drug-likeness (QED) is 0.873. The first-order valence-corrected chi connectivity index (χ1v) is 5.37. The van der Waals surface area contributed by atoms with Gasteiger partial charge in [-0.25, -0.2) is 14.4 Å². The van der Waals surface area contributed by atoms with E-state index in [0.717, 1.165) is 5.56 Å². The Bertz CT molecular complexity index is 631. The molecule has 0 aliphatic heterocycles. The number of nitrogens with two attached hydrogens (primary N) is 1. The lowest BCUT2D eigenvalue weighted by molar-refractivity contribution is 0.626. The molecule has 0 atom stereocenters. The maximum absolute atomic E-state index is 13.1. The molecule has 4 nitrogen and oxygen atoms in total. The van der Waals surface area contributed by atoms with Crippen molar-refractivity contribution in [2.24, 2.45) is 0 Å². The summed E-state index contributed by atoms with van der Waals surface area (Å²) < 4.78 is 13.1. The average molecular weight is 242 g/mol. The van der Waals surface area contributed by atoms with Crippen LogP contribution in [0.3, 0.4) is 0 Å². The molecular weight excluding hydrogens is 231 g/mol. The first kappa shape index (κ1) is 12.0. The number of rotatable bonds is 2. The number of aryl methyl sites for hydroxylation is 1. The molecule has 0 radical (unpaired) electrons. The summed E-state index contributed by atoms with van der Waals surface area (Å²) in [6.45, 7) is 1.70. The first-order valence-electron chi connectivity index (χ1n) is 5.37. The van der Waals surface area contributed by atoms with Gasteiger partial charge in [-0.05, 0) is 24.6 Å². The molecular formula is C13H11FN4. The van der Waals surface area contributed by atoms with Crippen LogP contribution < -0.4 is 5.73 Å². The molecule has 0 aliphatic rings. The highest BCUT2D eigenvalue weighted by molar-refractivity contribution is 5.42. The lowest BCUT2D eigenvalue weighted by Crippen LogP contribution is -2.06. The smallest absolute Gasteiger partial charge is 0.220 e. The summed E-state index contributed by atoms with van der Waals surface area (Å²) in [6.07, 6.45) is 0.355. The van der Waals surface area contributed by atoms with Gasteiger partial charge in [-0.2, -0.15) is 5.26 Å². The Balaban J connectivity index is 2.43. The lowest BCUT2D eigenvalue weighted by Gasteiger charge is -2.06. The molecule has 90 valence electrons. The zero-order valence-electron chi connectivity index (χ0n) is 9.81. The molecule has 0 saturated heterocycles. The van der Waals surface area contributed by atoms with Crippen LogP contribution >= 0.6 is 0 Å². The van der Waals surface area contributed by atoms with Gasteiger partial charge in [0.2, 0.25) is 5.95 Å². The summed E-state index contributed by atoms with van der Waals surface area (Å²) >= 11 is 0. The predicted octanol–water partition coefficient (Wildman–Crippen LogP) is 1.97. The molecule has 1 aromatic heterocycles. The third kappa shape index (κ3) is 2.43. The minimum Gasteiger partial charge on any atom is -0.368 e. The molecule has 0 amide bonds. The Labute approximate surface area is 104 Å². The van der Waals surface area contributed by atoms with Crippen LogP contribution in [-0.2, 0) is 6.42 Å². The van der Waals surface area contributed by atoms with Crippen LogP contribution in [0.25, 0.3) is 0 Å². The highest BCUT2D eigenvalue weighted by atomic mass is 19.1. The number of hydrogen-bond acceptors (Lipinski definition) is 4. The normalized spacial score (nSPS) is 10.1. The SMILES string of the molecule is Cc1nc(N)nc(Cc2cccc(F)c2)c1C#N. The summed E-state index contributed by atoms with van der Waals surface area (Å²) in [7, 11) is 0. The van der Waals surface area contributed by atoms with E-state index in [-0.39, 0.29) is 11.8 Å². The van der Waals surface area contributed by atoms with Crippen molar-refractivity contribution in [3.8, 4) is 6.07 Å². The van der Waals surface area contributed by atoms with Gasteiger partial charge in [0.05, 0.1) is 17.0 Å². The van der Waals surface area contributed by atoms with Gasteiger partial charge < -0.3 is 5.73 Å². The second kappa shape index (κ2) is 4.80. The Morgan fingerprint density at radius 2 is 2.17 bits per heavy atom. The van der Waals surface area contributed by atoms with Crippen LogP contribution in [0.2, 0.25) is 0 Å². The van der Waals surface area contributed by atoms with Crippen molar-refractivity contribution >= 4 is 5.95 Å². The molecule has 18 heavy (non-hydrogen) atoms. The summed E-state index contributed by atoms with van der Waals surface area (Å²) in [5.74, 6) is -0.192. The second-order valence-corrected chi connectivity index (χ2v) is 3.91. The molecule has 0 spiro atoms.